The zero-order valence-electron chi connectivity index (χ0n) is 16.6. The Morgan fingerprint density at radius 1 is 1.30 bits per heavy atom. The number of aromatic nitrogens is 5. The number of nitrogens with one attached hydrogen (secondary N) is 2. The molecule has 2 amide bonds. The number of carbonyl (C=O) groups is 2. The number of aryl methyl sites for hydroxylation is 1. The Labute approximate surface area is 172 Å². The van der Waals surface area contributed by atoms with Gasteiger partial charge >= 0.3 is 0 Å². The van der Waals surface area contributed by atoms with Crippen LogP contribution in [0.5, 0.6) is 0 Å². The minimum absolute atomic E-state index is 0.112. The minimum atomic E-state index is -0.412. The van der Waals surface area contributed by atoms with E-state index >= 15 is 0 Å². The molecule has 2 N–H and O–H groups in total. The van der Waals surface area contributed by atoms with E-state index in [-0.39, 0.29) is 18.4 Å². The summed E-state index contributed by atoms with van der Waals surface area (Å²) in [5, 5.41) is 15.5. The van der Waals surface area contributed by atoms with Crippen molar-refractivity contribution in [1.82, 2.24) is 34.9 Å². The Bertz CT molecular complexity index is 1110. The van der Waals surface area contributed by atoms with Gasteiger partial charge in [-0.1, -0.05) is 19.3 Å². The molecule has 2 fully saturated rings. The summed E-state index contributed by atoms with van der Waals surface area (Å²) in [7, 11) is 1.80. The highest BCUT2D eigenvalue weighted by Gasteiger charge is 2.30. The molecule has 0 spiro atoms. The number of fused-ring (bicyclic) bond motifs is 1. The van der Waals surface area contributed by atoms with Gasteiger partial charge in [-0.3, -0.25) is 14.3 Å². The first kappa shape index (κ1) is 19.6. The Kier molecular flexibility index (Phi) is 5.43. The smallest absolute Gasteiger partial charge is 0.255 e. The third-order valence-corrected chi connectivity index (χ3v) is 4.80. The van der Waals surface area contributed by atoms with Crippen molar-refractivity contribution in [3.8, 4) is 17.3 Å². The summed E-state index contributed by atoms with van der Waals surface area (Å²) in [5.41, 5.74) is 2.62. The zero-order chi connectivity index (χ0) is 21.1. The SMILES string of the molecule is C1CC1.Cn1cc(-c2cnc3[nH]cc(C(=O)NCC(=O)N4CC(C#N)C4)c3n2)cn1. The molecule has 154 valence electrons. The number of hydrogen-bond acceptors (Lipinski definition) is 6. The van der Waals surface area contributed by atoms with Gasteiger partial charge in [0.25, 0.3) is 5.91 Å². The Morgan fingerprint density at radius 2 is 2.07 bits per heavy atom. The number of hydrogen-bond donors (Lipinski definition) is 2. The maximum absolute atomic E-state index is 12.5. The highest BCUT2D eigenvalue weighted by molar-refractivity contribution is 6.05. The highest BCUT2D eigenvalue weighted by atomic mass is 16.2. The van der Waals surface area contributed by atoms with Crippen LogP contribution in [0.1, 0.15) is 29.6 Å². The maximum Gasteiger partial charge on any atom is 0.255 e. The van der Waals surface area contributed by atoms with Crippen LogP contribution in [0.25, 0.3) is 22.4 Å². The van der Waals surface area contributed by atoms with Crippen molar-refractivity contribution in [3.63, 3.8) is 0 Å². The number of likely N-dealkylation sites (tertiary alicyclic amines) is 1. The minimum Gasteiger partial charge on any atom is -0.344 e. The fourth-order valence-electron chi connectivity index (χ4n) is 2.88. The van der Waals surface area contributed by atoms with Gasteiger partial charge in [0.2, 0.25) is 5.91 Å². The molecule has 30 heavy (non-hydrogen) atoms. The number of aromatic amines is 1. The van der Waals surface area contributed by atoms with Crippen LogP contribution in [0, 0.1) is 17.2 Å². The van der Waals surface area contributed by atoms with Crippen LogP contribution < -0.4 is 5.32 Å². The van der Waals surface area contributed by atoms with Gasteiger partial charge in [0, 0.05) is 38.1 Å². The fourth-order valence-corrected chi connectivity index (χ4v) is 2.88. The molecule has 5 rings (SSSR count). The summed E-state index contributed by atoms with van der Waals surface area (Å²) >= 11 is 0. The molecule has 0 aromatic carbocycles. The van der Waals surface area contributed by atoms with E-state index in [0.29, 0.717) is 35.5 Å². The van der Waals surface area contributed by atoms with Crippen molar-refractivity contribution >= 4 is 23.0 Å². The van der Waals surface area contributed by atoms with E-state index in [1.807, 2.05) is 6.20 Å². The summed E-state index contributed by atoms with van der Waals surface area (Å²) in [4.78, 5) is 37.8. The van der Waals surface area contributed by atoms with Gasteiger partial charge in [0.15, 0.2) is 5.65 Å². The molecule has 3 aromatic heterocycles. The number of amides is 2. The molecule has 1 saturated heterocycles. The van der Waals surface area contributed by atoms with E-state index in [9.17, 15) is 9.59 Å². The van der Waals surface area contributed by atoms with Crippen molar-refractivity contribution in [2.24, 2.45) is 13.0 Å². The van der Waals surface area contributed by atoms with Gasteiger partial charge in [0.05, 0.1) is 42.2 Å². The van der Waals surface area contributed by atoms with Crippen molar-refractivity contribution in [1.29, 1.82) is 5.26 Å². The van der Waals surface area contributed by atoms with E-state index in [4.69, 9.17) is 5.26 Å². The maximum atomic E-state index is 12.5. The molecule has 10 heteroatoms. The van der Waals surface area contributed by atoms with Gasteiger partial charge < -0.3 is 15.2 Å². The fraction of sp³-hybridized carbons (Fsp3) is 0.400. The zero-order valence-corrected chi connectivity index (χ0v) is 16.6. The van der Waals surface area contributed by atoms with Gasteiger partial charge in [-0.05, 0) is 0 Å². The van der Waals surface area contributed by atoms with E-state index in [0.717, 1.165) is 5.56 Å². The number of rotatable bonds is 4. The quantitative estimate of drug-likeness (QED) is 0.670. The van der Waals surface area contributed by atoms with Crippen molar-refractivity contribution < 1.29 is 9.59 Å². The molecule has 4 heterocycles. The molecular formula is C20H22N8O2. The monoisotopic (exact) mass is 406 g/mol. The first-order valence-electron chi connectivity index (χ1n) is 9.84. The van der Waals surface area contributed by atoms with E-state index in [1.165, 1.54) is 25.5 Å². The molecule has 0 radical (unpaired) electrons. The van der Waals surface area contributed by atoms with Crippen LogP contribution >= 0.6 is 0 Å². The first-order chi connectivity index (χ1) is 14.5. The molecule has 0 bridgehead atoms. The number of carbonyl (C=O) groups excluding carboxylic acids is 2. The summed E-state index contributed by atoms with van der Waals surface area (Å²) < 4.78 is 1.66. The second-order valence-corrected chi connectivity index (χ2v) is 7.43. The normalized spacial score (nSPS) is 15.0. The Balaban J connectivity index is 0.000000667. The van der Waals surface area contributed by atoms with E-state index in [2.05, 4.69) is 31.4 Å². The molecular weight excluding hydrogens is 384 g/mol. The number of nitriles is 1. The van der Waals surface area contributed by atoms with E-state index < -0.39 is 5.91 Å². The van der Waals surface area contributed by atoms with Crippen LogP contribution in [-0.4, -0.2) is 61.1 Å². The molecule has 1 saturated carbocycles. The second kappa shape index (κ2) is 8.32. The highest BCUT2D eigenvalue weighted by Crippen LogP contribution is 2.20. The Hall–Kier alpha value is -3.74. The molecule has 3 aromatic rings. The molecule has 1 aliphatic heterocycles. The lowest BCUT2D eigenvalue weighted by Crippen LogP contribution is -2.52. The van der Waals surface area contributed by atoms with Gasteiger partial charge in [-0.25, -0.2) is 9.97 Å². The molecule has 1 aliphatic carbocycles. The summed E-state index contributed by atoms with van der Waals surface area (Å²) in [6.07, 6.45) is 11.1. The average molecular weight is 406 g/mol. The second-order valence-electron chi connectivity index (χ2n) is 7.43. The average Bonchev–Trinajstić information content (AvgIpc) is 3.44. The van der Waals surface area contributed by atoms with Gasteiger partial charge in [-0.15, -0.1) is 0 Å². The van der Waals surface area contributed by atoms with Crippen molar-refractivity contribution in [2.75, 3.05) is 19.6 Å². The van der Waals surface area contributed by atoms with Crippen LogP contribution in [0.15, 0.2) is 24.8 Å². The van der Waals surface area contributed by atoms with Crippen molar-refractivity contribution in [2.45, 2.75) is 19.3 Å². The van der Waals surface area contributed by atoms with Crippen LogP contribution in [-0.2, 0) is 11.8 Å². The Morgan fingerprint density at radius 3 is 2.70 bits per heavy atom. The third-order valence-electron chi connectivity index (χ3n) is 4.80. The lowest BCUT2D eigenvalue weighted by Gasteiger charge is -2.35. The largest absolute Gasteiger partial charge is 0.344 e. The molecule has 10 nitrogen and oxygen atoms in total. The van der Waals surface area contributed by atoms with Crippen LogP contribution in [0.4, 0.5) is 0 Å². The molecule has 0 atom stereocenters. The predicted molar refractivity (Wildman–Crippen MR) is 108 cm³/mol. The van der Waals surface area contributed by atoms with Gasteiger partial charge in [-0.2, -0.15) is 10.4 Å². The molecule has 0 unspecified atom stereocenters. The molecule has 2 aliphatic rings. The van der Waals surface area contributed by atoms with Crippen LogP contribution in [0.2, 0.25) is 0 Å². The summed E-state index contributed by atoms with van der Waals surface area (Å²) in [6.45, 7) is 0.704. The van der Waals surface area contributed by atoms with Crippen molar-refractivity contribution in [3.05, 3.63) is 30.4 Å². The predicted octanol–water partition coefficient (Wildman–Crippen LogP) is 1.24. The standard InChI is InChI=1S/C17H16N8O2.C3H6/c1-24-9-11(3-22-24)13-5-20-16-15(23-13)12(4-19-16)17(27)21-6-14(26)25-7-10(2-18)8-25;1-2-3-1/h3-5,9-10H,6-8H2,1H3,(H,19,20)(H,21,27);1-3H2. The number of nitrogens with zero attached hydrogens (tertiary/aromatic N) is 6. The summed E-state index contributed by atoms with van der Waals surface area (Å²) in [6, 6.07) is 2.11. The van der Waals surface area contributed by atoms with E-state index in [1.54, 1.807) is 29.0 Å². The third kappa shape index (κ3) is 4.30. The lowest BCUT2D eigenvalue weighted by molar-refractivity contribution is -0.135. The van der Waals surface area contributed by atoms with Gasteiger partial charge in [0.1, 0.15) is 5.52 Å². The summed E-state index contributed by atoms with van der Waals surface area (Å²) in [5.74, 6) is -0.735. The first-order valence-corrected chi connectivity index (χ1v) is 9.84. The number of H-pyrrole nitrogens is 1. The lowest BCUT2D eigenvalue weighted by atomic mass is 10.0. The topological polar surface area (TPSA) is 133 Å². The van der Waals surface area contributed by atoms with Crippen LogP contribution in [0.3, 0.4) is 0 Å².